The van der Waals surface area contributed by atoms with Crippen LogP contribution in [0.4, 0.5) is 5.69 Å². The number of anilines is 1. The Hall–Kier alpha value is -2.69. The van der Waals surface area contributed by atoms with Crippen LogP contribution in [0.5, 0.6) is 0 Å². The molecule has 3 rings (SSSR count). The zero-order chi connectivity index (χ0) is 12.4. The highest BCUT2D eigenvalue weighted by molar-refractivity contribution is 6.07. The van der Waals surface area contributed by atoms with Gasteiger partial charge in [0.15, 0.2) is 5.82 Å². The van der Waals surface area contributed by atoms with Crippen molar-refractivity contribution in [1.82, 2.24) is 15.0 Å². The molecule has 0 fully saturated rings. The Balaban J connectivity index is 1.89. The summed E-state index contributed by atoms with van der Waals surface area (Å²) < 4.78 is 0. The molecule has 5 heteroatoms. The van der Waals surface area contributed by atoms with Crippen LogP contribution in [0.3, 0.4) is 0 Å². The highest BCUT2D eigenvalue weighted by Crippen LogP contribution is 2.20. The molecule has 1 aromatic rings. The van der Waals surface area contributed by atoms with Crippen LogP contribution in [0.25, 0.3) is 11.5 Å². The SMILES string of the molecule is O=C(Nc1ccccc1)c1cnc2ncc[nH]c1-2. The molecule has 2 N–H and O–H groups in total. The van der Waals surface area contributed by atoms with Crippen LogP contribution in [-0.2, 0) is 0 Å². The molecule has 0 aliphatic carbocycles. The van der Waals surface area contributed by atoms with Gasteiger partial charge in [-0.15, -0.1) is 0 Å². The molecule has 0 unspecified atom stereocenters. The van der Waals surface area contributed by atoms with Crippen LogP contribution in [-0.4, -0.2) is 20.9 Å². The fraction of sp³-hybridized carbons (Fsp3) is 0. The van der Waals surface area contributed by atoms with E-state index in [1.54, 1.807) is 12.4 Å². The van der Waals surface area contributed by atoms with Gasteiger partial charge in [-0.25, -0.2) is 9.97 Å². The second-order valence-corrected chi connectivity index (χ2v) is 3.78. The molecule has 1 aromatic carbocycles. The van der Waals surface area contributed by atoms with Crippen molar-refractivity contribution in [1.29, 1.82) is 0 Å². The van der Waals surface area contributed by atoms with Gasteiger partial charge in [0.1, 0.15) is 0 Å². The quantitative estimate of drug-likeness (QED) is 0.718. The molecule has 0 bridgehead atoms. The number of H-pyrrole nitrogens is 1. The molecular formula is C13H10N4O. The minimum absolute atomic E-state index is 0.201. The third-order valence-electron chi connectivity index (χ3n) is 2.58. The molecule has 0 atom stereocenters. The number of hydrogen-bond acceptors (Lipinski definition) is 3. The van der Waals surface area contributed by atoms with E-state index < -0.39 is 0 Å². The minimum Gasteiger partial charge on any atom is -0.356 e. The number of benzene rings is 1. The molecule has 5 nitrogen and oxygen atoms in total. The first kappa shape index (κ1) is 10.5. The summed E-state index contributed by atoms with van der Waals surface area (Å²) in [6.07, 6.45) is 4.80. The molecule has 0 saturated carbocycles. The predicted molar refractivity (Wildman–Crippen MR) is 67.4 cm³/mol. The molecular weight excluding hydrogens is 228 g/mol. The number of para-hydroxylation sites is 1. The van der Waals surface area contributed by atoms with Crippen LogP contribution in [0.2, 0.25) is 0 Å². The molecule has 2 aliphatic heterocycles. The summed E-state index contributed by atoms with van der Waals surface area (Å²) >= 11 is 0. The molecule has 18 heavy (non-hydrogen) atoms. The Morgan fingerprint density at radius 1 is 1.17 bits per heavy atom. The van der Waals surface area contributed by atoms with Crippen molar-refractivity contribution in [3.05, 3.63) is 54.5 Å². The monoisotopic (exact) mass is 238 g/mol. The van der Waals surface area contributed by atoms with Crippen molar-refractivity contribution >= 4 is 11.6 Å². The van der Waals surface area contributed by atoms with E-state index in [0.717, 1.165) is 5.69 Å². The number of rotatable bonds is 2. The van der Waals surface area contributed by atoms with Crippen molar-refractivity contribution in [2.24, 2.45) is 0 Å². The first-order chi connectivity index (χ1) is 8.84. The van der Waals surface area contributed by atoms with Gasteiger partial charge >= 0.3 is 0 Å². The highest BCUT2D eigenvalue weighted by atomic mass is 16.1. The average Bonchev–Trinajstić information content (AvgIpc) is 2.84. The Morgan fingerprint density at radius 2 is 2.00 bits per heavy atom. The average molecular weight is 238 g/mol. The smallest absolute Gasteiger partial charge is 0.259 e. The summed E-state index contributed by atoms with van der Waals surface area (Å²) in [6, 6.07) is 9.29. The van der Waals surface area contributed by atoms with Crippen LogP contribution in [0.15, 0.2) is 48.9 Å². The number of carbonyl (C=O) groups is 1. The number of amides is 1. The standard InChI is InChI=1S/C13H10N4O/c18-13(17-9-4-2-1-3-5-9)10-8-16-12-11(10)14-6-7-15-12/h1-8,14H,(H,17,18). The van der Waals surface area contributed by atoms with Gasteiger partial charge in [-0.1, -0.05) is 18.2 Å². The molecule has 0 spiro atoms. The zero-order valence-corrected chi connectivity index (χ0v) is 9.42. The maximum absolute atomic E-state index is 12.1. The first-order valence-electron chi connectivity index (χ1n) is 5.49. The number of aromatic nitrogens is 3. The number of aromatic amines is 1. The van der Waals surface area contributed by atoms with Crippen LogP contribution in [0, 0.1) is 0 Å². The second-order valence-electron chi connectivity index (χ2n) is 3.78. The number of fused-ring (bicyclic) bond motifs is 1. The second kappa shape index (κ2) is 4.29. The van der Waals surface area contributed by atoms with Crippen LogP contribution in [0.1, 0.15) is 10.4 Å². The Labute approximate surface area is 103 Å². The normalized spacial score (nSPS) is 10.4. The Kier molecular flexibility index (Phi) is 2.49. The lowest BCUT2D eigenvalue weighted by Gasteiger charge is -2.04. The molecule has 1 amide bonds. The van der Waals surface area contributed by atoms with Gasteiger partial charge in [0.05, 0.1) is 11.3 Å². The van der Waals surface area contributed by atoms with Gasteiger partial charge in [0.2, 0.25) is 0 Å². The van der Waals surface area contributed by atoms with Crippen LogP contribution >= 0.6 is 0 Å². The van der Waals surface area contributed by atoms with E-state index in [9.17, 15) is 4.79 Å². The van der Waals surface area contributed by atoms with E-state index in [0.29, 0.717) is 17.1 Å². The maximum Gasteiger partial charge on any atom is 0.259 e. The lowest BCUT2D eigenvalue weighted by molar-refractivity contribution is 0.102. The van der Waals surface area contributed by atoms with Crippen molar-refractivity contribution in [3.8, 4) is 11.5 Å². The summed E-state index contributed by atoms with van der Waals surface area (Å²) in [5, 5.41) is 2.81. The van der Waals surface area contributed by atoms with E-state index in [1.165, 1.54) is 6.20 Å². The van der Waals surface area contributed by atoms with Crippen molar-refractivity contribution < 1.29 is 4.79 Å². The zero-order valence-electron chi connectivity index (χ0n) is 9.42. The summed E-state index contributed by atoms with van der Waals surface area (Å²) in [5.41, 5.74) is 1.88. The Bertz CT molecular complexity index is 647. The van der Waals surface area contributed by atoms with E-state index in [1.807, 2.05) is 30.3 Å². The fourth-order valence-corrected chi connectivity index (χ4v) is 1.74. The van der Waals surface area contributed by atoms with Gasteiger partial charge in [0.25, 0.3) is 5.91 Å². The summed E-state index contributed by atoms with van der Waals surface area (Å²) in [4.78, 5) is 23.2. The largest absolute Gasteiger partial charge is 0.356 e. The van der Waals surface area contributed by atoms with Crippen LogP contribution < -0.4 is 5.32 Å². The van der Waals surface area contributed by atoms with E-state index in [-0.39, 0.29) is 5.91 Å². The van der Waals surface area contributed by atoms with E-state index in [2.05, 4.69) is 20.3 Å². The van der Waals surface area contributed by atoms with Gasteiger partial charge in [0, 0.05) is 24.3 Å². The number of nitrogens with one attached hydrogen (secondary N) is 2. The fourth-order valence-electron chi connectivity index (χ4n) is 1.74. The minimum atomic E-state index is -0.201. The number of nitrogens with zero attached hydrogens (tertiary/aromatic N) is 2. The third-order valence-corrected chi connectivity index (χ3v) is 2.58. The number of hydrogen-bond donors (Lipinski definition) is 2. The molecule has 0 aromatic heterocycles. The van der Waals surface area contributed by atoms with Gasteiger partial charge in [-0.05, 0) is 12.1 Å². The topological polar surface area (TPSA) is 70.7 Å². The Morgan fingerprint density at radius 3 is 2.83 bits per heavy atom. The lowest BCUT2D eigenvalue weighted by atomic mass is 10.2. The van der Waals surface area contributed by atoms with Gasteiger partial charge in [-0.2, -0.15) is 0 Å². The molecule has 2 aliphatic rings. The van der Waals surface area contributed by atoms with Crippen molar-refractivity contribution in [3.63, 3.8) is 0 Å². The lowest BCUT2D eigenvalue weighted by Crippen LogP contribution is -2.12. The summed E-state index contributed by atoms with van der Waals surface area (Å²) in [5.74, 6) is 0.337. The molecule has 2 heterocycles. The van der Waals surface area contributed by atoms with Gasteiger partial charge in [-0.3, -0.25) is 4.79 Å². The van der Waals surface area contributed by atoms with Gasteiger partial charge < -0.3 is 10.3 Å². The predicted octanol–water partition coefficient (Wildman–Crippen LogP) is 2.16. The molecule has 88 valence electrons. The number of carbonyl (C=O) groups excluding carboxylic acids is 1. The first-order valence-corrected chi connectivity index (χ1v) is 5.49. The summed E-state index contributed by atoms with van der Waals surface area (Å²) in [7, 11) is 0. The molecule has 0 saturated heterocycles. The highest BCUT2D eigenvalue weighted by Gasteiger charge is 2.18. The van der Waals surface area contributed by atoms with E-state index >= 15 is 0 Å². The third kappa shape index (κ3) is 1.82. The maximum atomic E-state index is 12.1. The van der Waals surface area contributed by atoms with Crippen molar-refractivity contribution in [2.75, 3.05) is 5.32 Å². The van der Waals surface area contributed by atoms with Crippen molar-refractivity contribution in [2.45, 2.75) is 0 Å². The van der Waals surface area contributed by atoms with E-state index in [4.69, 9.17) is 0 Å². The summed E-state index contributed by atoms with van der Waals surface area (Å²) in [6.45, 7) is 0. The molecule has 0 radical (unpaired) electrons.